The summed E-state index contributed by atoms with van der Waals surface area (Å²) in [5, 5.41) is 27.3. The molecule has 0 spiro atoms. The summed E-state index contributed by atoms with van der Waals surface area (Å²) in [5.74, 6) is -1.03. The zero-order valence-corrected chi connectivity index (χ0v) is 20.1. The van der Waals surface area contributed by atoms with Crippen LogP contribution in [0.15, 0.2) is 48.8 Å². The van der Waals surface area contributed by atoms with E-state index in [2.05, 4.69) is 10.2 Å². The lowest BCUT2D eigenvalue weighted by Gasteiger charge is -2.28. The molecular formula is C25H28ClN3O4. The van der Waals surface area contributed by atoms with Crippen molar-refractivity contribution in [3.8, 4) is 11.1 Å². The molecule has 4 aromatic rings. The third kappa shape index (κ3) is 5.33. The smallest absolute Gasteiger partial charge is 0.337 e. The number of carbonyl (C=O) groups is 1. The molecule has 174 valence electrons. The summed E-state index contributed by atoms with van der Waals surface area (Å²) in [6.45, 7) is 9.38. The number of hydrogen-bond donors (Lipinski definition) is 2. The lowest BCUT2D eigenvalue weighted by molar-refractivity contribution is -0.160. The summed E-state index contributed by atoms with van der Waals surface area (Å²) in [5.41, 5.74) is 4.07. The lowest BCUT2D eigenvalue weighted by atomic mass is 9.88. The van der Waals surface area contributed by atoms with Crippen molar-refractivity contribution in [3.63, 3.8) is 0 Å². The number of aliphatic carboxylic acids is 1. The summed E-state index contributed by atoms with van der Waals surface area (Å²) in [6.07, 6.45) is 0.527. The number of ether oxygens (including phenoxy) is 1. The Morgan fingerprint density at radius 3 is 2.39 bits per heavy atom. The number of aliphatic hydroxyl groups excluding tert-OH is 1. The van der Waals surface area contributed by atoms with Crippen LogP contribution in [0.5, 0.6) is 0 Å². The van der Waals surface area contributed by atoms with E-state index in [1.165, 1.54) is 0 Å². The first-order chi connectivity index (χ1) is 15.6. The maximum atomic E-state index is 12.3. The van der Waals surface area contributed by atoms with Crippen LogP contribution < -0.4 is 0 Å². The fraction of sp³-hybridized carbons (Fsp3) is 0.320. The van der Waals surface area contributed by atoms with Gasteiger partial charge in [-0.3, -0.25) is 4.40 Å². The van der Waals surface area contributed by atoms with Gasteiger partial charge < -0.3 is 14.9 Å². The highest BCUT2D eigenvalue weighted by atomic mass is 35.5. The maximum absolute atomic E-state index is 12.3. The van der Waals surface area contributed by atoms with Gasteiger partial charge in [0.2, 0.25) is 0 Å². The van der Waals surface area contributed by atoms with Crippen LogP contribution in [0.1, 0.15) is 44.9 Å². The number of hydrogen-bond acceptors (Lipinski definition) is 5. The molecule has 0 aliphatic heterocycles. The van der Waals surface area contributed by atoms with Crippen LogP contribution >= 0.6 is 11.6 Å². The predicted octanol–water partition coefficient (Wildman–Crippen LogP) is 5.45. The van der Waals surface area contributed by atoms with Crippen molar-refractivity contribution < 1.29 is 19.7 Å². The van der Waals surface area contributed by atoms with Crippen LogP contribution in [0, 0.1) is 6.92 Å². The third-order valence-electron chi connectivity index (χ3n) is 4.92. The second kappa shape index (κ2) is 9.87. The number of nitrogens with zero attached hydrogens (tertiary/aromatic N) is 3. The van der Waals surface area contributed by atoms with Gasteiger partial charge in [0, 0.05) is 22.6 Å². The Morgan fingerprint density at radius 2 is 1.82 bits per heavy atom. The van der Waals surface area contributed by atoms with Crippen molar-refractivity contribution in [1.82, 2.24) is 14.6 Å². The molecule has 0 unspecified atom stereocenters. The largest absolute Gasteiger partial charge is 0.479 e. The van der Waals surface area contributed by atoms with E-state index >= 15 is 0 Å². The summed E-state index contributed by atoms with van der Waals surface area (Å²) in [4.78, 5) is 12.3. The Morgan fingerprint density at radius 1 is 1.18 bits per heavy atom. The topological polar surface area (TPSA) is 97.0 Å². The molecule has 0 saturated carbocycles. The minimum Gasteiger partial charge on any atom is -0.479 e. The van der Waals surface area contributed by atoms with Gasteiger partial charge in [-0.1, -0.05) is 23.7 Å². The Hall–Kier alpha value is -3.00. The van der Waals surface area contributed by atoms with E-state index in [0.29, 0.717) is 10.6 Å². The number of rotatable bonds is 4. The second-order valence-corrected chi connectivity index (χ2v) is 9.02. The first kappa shape index (κ1) is 24.6. The molecule has 4 rings (SSSR count). The third-order valence-corrected chi connectivity index (χ3v) is 5.17. The fourth-order valence-corrected chi connectivity index (χ4v) is 3.88. The highest BCUT2D eigenvalue weighted by Gasteiger charge is 2.31. The number of halogens is 1. The number of fused-ring (bicyclic) bond motifs is 3. The summed E-state index contributed by atoms with van der Waals surface area (Å²) >= 11 is 6.11. The van der Waals surface area contributed by atoms with Gasteiger partial charge in [0.25, 0.3) is 0 Å². The molecular weight excluding hydrogens is 442 g/mol. The van der Waals surface area contributed by atoms with Crippen molar-refractivity contribution in [1.29, 1.82) is 0 Å². The molecule has 33 heavy (non-hydrogen) atoms. The van der Waals surface area contributed by atoms with E-state index in [1.807, 2.05) is 62.4 Å². The van der Waals surface area contributed by atoms with E-state index in [4.69, 9.17) is 21.4 Å². The molecule has 0 aliphatic rings. The molecule has 1 atom stereocenters. The minimum atomic E-state index is -1.13. The quantitative estimate of drug-likeness (QED) is 0.412. The van der Waals surface area contributed by atoms with Crippen LogP contribution in [0.3, 0.4) is 0 Å². The molecule has 2 aromatic heterocycles. The molecule has 0 saturated heterocycles. The number of benzene rings is 2. The molecule has 8 heteroatoms. The van der Waals surface area contributed by atoms with Crippen LogP contribution in [-0.4, -0.2) is 43.0 Å². The molecule has 0 radical (unpaired) electrons. The Kier molecular flexibility index (Phi) is 7.37. The van der Waals surface area contributed by atoms with Gasteiger partial charge in [0.1, 0.15) is 6.33 Å². The van der Waals surface area contributed by atoms with Crippen molar-refractivity contribution in [2.75, 3.05) is 6.61 Å². The van der Waals surface area contributed by atoms with Gasteiger partial charge in [-0.25, -0.2) is 4.79 Å². The van der Waals surface area contributed by atoms with E-state index in [0.717, 1.165) is 33.2 Å². The van der Waals surface area contributed by atoms with Crippen LogP contribution in [-0.2, 0) is 9.53 Å². The highest BCUT2D eigenvalue weighted by Crippen LogP contribution is 2.40. The Bertz CT molecular complexity index is 1280. The molecule has 0 amide bonds. The molecule has 0 bridgehead atoms. The molecule has 0 aliphatic carbocycles. The minimum absolute atomic E-state index is 0.250. The van der Waals surface area contributed by atoms with Gasteiger partial charge in [-0.2, -0.15) is 0 Å². The van der Waals surface area contributed by atoms with Crippen LogP contribution in [0.2, 0.25) is 5.02 Å². The zero-order chi connectivity index (χ0) is 24.3. The lowest BCUT2D eigenvalue weighted by Crippen LogP contribution is -2.28. The number of aryl methyl sites for hydroxylation is 1. The first-order valence-electron chi connectivity index (χ1n) is 10.6. The molecule has 7 nitrogen and oxygen atoms in total. The standard InChI is InChI=1S/C23H22ClN3O3.C2H6O/c1-13-11-17-16(9-10-18-26-25-12-27(17)18)20(14-5-7-15(24)8-6-14)19(13)21(22(28)29)30-23(2,3)4;1-2-3/h5-12,21H,1-4H3,(H,28,29);3H,2H2,1H3/t21-;/m0./s1. The molecule has 2 heterocycles. The Balaban J connectivity index is 0.000000968. The van der Waals surface area contributed by atoms with Gasteiger partial charge in [-0.05, 0) is 81.6 Å². The summed E-state index contributed by atoms with van der Waals surface area (Å²) in [7, 11) is 0. The molecule has 0 fully saturated rings. The number of carboxylic acid groups (broad SMARTS) is 1. The maximum Gasteiger partial charge on any atom is 0.337 e. The van der Waals surface area contributed by atoms with E-state index < -0.39 is 17.7 Å². The highest BCUT2D eigenvalue weighted by molar-refractivity contribution is 6.30. The van der Waals surface area contributed by atoms with E-state index in [9.17, 15) is 9.90 Å². The van der Waals surface area contributed by atoms with Gasteiger partial charge in [0.15, 0.2) is 11.8 Å². The van der Waals surface area contributed by atoms with Gasteiger partial charge in [0.05, 0.1) is 11.1 Å². The number of pyridine rings is 1. The first-order valence-corrected chi connectivity index (χ1v) is 11.0. The predicted molar refractivity (Wildman–Crippen MR) is 130 cm³/mol. The average Bonchev–Trinajstić information content (AvgIpc) is 3.21. The summed E-state index contributed by atoms with van der Waals surface area (Å²) in [6, 6.07) is 13.2. The van der Waals surface area contributed by atoms with Crippen molar-refractivity contribution in [2.24, 2.45) is 0 Å². The second-order valence-electron chi connectivity index (χ2n) is 8.58. The fourth-order valence-electron chi connectivity index (χ4n) is 3.75. The van der Waals surface area contributed by atoms with E-state index in [1.54, 1.807) is 25.4 Å². The SMILES string of the molecule is CCO.Cc1cc2c(ccc3nncn32)c(-c2ccc(Cl)cc2)c1[C@H](OC(C)(C)C)C(=O)O. The normalized spacial score (nSPS) is 12.5. The van der Waals surface area contributed by atoms with Crippen LogP contribution in [0.4, 0.5) is 0 Å². The number of aliphatic hydroxyl groups is 1. The van der Waals surface area contributed by atoms with Gasteiger partial charge in [-0.15, -0.1) is 10.2 Å². The summed E-state index contributed by atoms with van der Waals surface area (Å²) < 4.78 is 7.91. The van der Waals surface area contributed by atoms with Crippen LogP contribution in [0.25, 0.3) is 27.7 Å². The van der Waals surface area contributed by atoms with Crippen molar-refractivity contribution in [3.05, 3.63) is 64.9 Å². The monoisotopic (exact) mass is 469 g/mol. The Labute approximate surface area is 197 Å². The molecule has 2 N–H and O–H groups in total. The molecule has 2 aromatic carbocycles. The average molecular weight is 470 g/mol. The van der Waals surface area contributed by atoms with Crippen molar-refractivity contribution >= 4 is 34.1 Å². The number of carboxylic acids is 1. The zero-order valence-electron chi connectivity index (χ0n) is 19.3. The van der Waals surface area contributed by atoms with Crippen molar-refractivity contribution in [2.45, 2.75) is 46.3 Å². The number of aromatic nitrogens is 3. The van der Waals surface area contributed by atoms with E-state index in [-0.39, 0.29) is 6.61 Å². The van der Waals surface area contributed by atoms with Gasteiger partial charge >= 0.3 is 5.97 Å².